The lowest BCUT2D eigenvalue weighted by atomic mass is 9.97. The quantitative estimate of drug-likeness (QED) is 0.143. The number of ether oxygens (including phenoxy) is 2. The monoisotopic (exact) mass is 434 g/mol. The van der Waals surface area contributed by atoms with Crippen molar-refractivity contribution in [3.05, 3.63) is 47.5 Å². The average Bonchev–Trinajstić information content (AvgIpc) is 2.76. The highest BCUT2D eigenvalue weighted by molar-refractivity contribution is 6.13. The predicted molar refractivity (Wildman–Crippen MR) is 130 cm³/mol. The zero-order valence-electron chi connectivity index (χ0n) is 19.8. The normalized spacial score (nSPS) is 11.1. The summed E-state index contributed by atoms with van der Waals surface area (Å²) in [5.41, 5.74) is 2.10. The second kappa shape index (κ2) is 11.1. The molecule has 4 heteroatoms. The highest BCUT2D eigenvalue weighted by atomic mass is 16.5. The van der Waals surface area contributed by atoms with Crippen LogP contribution in [0.15, 0.2) is 36.4 Å². The molecule has 0 atom stereocenters. The highest BCUT2D eigenvalue weighted by Gasteiger charge is 2.20. The van der Waals surface area contributed by atoms with Gasteiger partial charge in [0.2, 0.25) is 0 Å². The number of benzene rings is 3. The Morgan fingerprint density at radius 2 is 1.03 bits per heavy atom. The zero-order chi connectivity index (χ0) is 23.1. The van der Waals surface area contributed by atoms with E-state index >= 15 is 0 Å². The standard InChI is InChI=1S/C28H34O4/c1-5-7-9-11-25(29)31-27-21-15-13-20(4)18-24(21)28(32-26(30)12-10-8-6-2)22-16-14-19(3)17-23(22)27/h13-18H,5-12H2,1-4H3. The maximum absolute atomic E-state index is 12.6. The molecule has 0 unspecified atom stereocenters. The van der Waals surface area contributed by atoms with Crippen molar-refractivity contribution >= 4 is 33.5 Å². The third-order valence-electron chi connectivity index (χ3n) is 5.73. The molecule has 3 aromatic carbocycles. The molecular weight excluding hydrogens is 400 g/mol. The third-order valence-corrected chi connectivity index (χ3v) is 5.73. The van der Waals surface area contributed by atoms with Crippen LogP contribution in [0.2, 0.25) is 0 Å². The summed E-state index contributed by atoms with van der Waals surface area (Å²) in [6.07, 6.45) is 6.52. The molecule has 0 amide bonds. The predicted octanol–water partition coefficient (Wildman–Crippen LogP) is 7.58. The molecule has 0 aliphatic heterocycles. The van der Waals surface area contributed by atoms with E-state index in [1.54, 1.807) is 0 Å². The summed E-state index contributed by atoms with van der Waals surface area (Å²) in [5.74, 6) is 0.636. The van der Waals surface area contributed by atoms with Crippen LogP contribution in [0, 0.1) is 13.8 Å². The number of hydrogen-bond donors (Lipinski definition) is 0. The second-order valence-corrected chi connectivity index (χ2v) is 8.62. The molecule has 0 saturated heterocycles. The molecule has 0 bridgehead atoms. The van der Waals surface area contributed by atoms with Crippen molar-refractivity contribution in [2.75, 3.05) is 0 Å². The maximum atomic E-state index is 12.6. The van der Waals surface area contributed by atoms with E-state index in [1.807, 2.05) is 50.2 Å². The van der Waals surface area contributed by atoms with Crippen LogP contribution < -0.4 is 9.47 Å². The number of hydrogen-bond acceptors (Lipinski definition) is 4. The summed E-state index contributed by atoms with van der Waals surface area (Å²) >= 11 is 0. The number of esters is 2. The molecular formula is C28H34O4. The van der Waals surface area contributed by atoms with Crippen molar-refractivity contribution < 1.29 is 19.1 Å². The van der Waals surface area contributed by atoms with Gasteiger partial charge >= 0.3 is 11.9 Å². The van der Waals surface area contributed by atoms with E-state index < -0.39 is 0 Å². The van der Waals surface area contributed by atoms with Crippen LogP contribution in [0.1, 0.15) is 76.3 Å². The molecule has 4 nitrogen and oxygen atoms in total. The lowest BCUT2D eigenvalue weighted by Gasteiger charge is -2.17. The number of rotatable bonds is 10. The van der Waals surface area contributed by atoms with Gasteiger partial charge in [0.1, 0.15) is 11.5 Å². The fraction of sp³-hybridized carbons (Fsp3) is 0.429. The summed E-state index contributed by atoms with van der Waals surface area (Å²) in [6, 6.07) is 11.9. The molecule has 3 rings (SSSR count). The van der Waals surface area contributed by atoms with Crippen LogP contribution in [0.3, 0.4) is 0 Å². The Bertz CT molecular complexity index is 1020. The van der Waals surface area contributed by atoms with Gasteiger partial charge in [-0.25, -0.2) is 0 Å². The Balaban J connectivity index is 2.12. The fourth-order valence-electron chi connectivity index (χ4n) is 3.97. The number of fused-ring (bicyclic) bond motifs is 2. The molecule has 0 saturated carbocycles. The summed E-state index contributed by atoms with van der Waals surface area (Å²) in [7, 11) is 0. The number of unbranched alkanes of at least 4 members (excludes halogenated alkanes) is 4. The molecule has 0 N–H and O–H groups in total. The van der Waals surface area contributed by atoms with Gasteiger partial charge in [-0.3, -0.25) is 9.59 Å². The maximum Gasteiger partial charge on any atom is 0.311 e. The van der Waals surface area contributed by atoms with Gasteiger partial charge in [-0.1, -0.05) is 74.9 Å². The van der Waals surface area contributed by atoms with Gasteiger partial charge in [-0.2, -0.15) is 0 Å². The van der Waals surface area contributed by atoms with E-state index in [0.717, 1.165) is 71.2 Å². The first-order valence-electron chi connectivity index (χ1n) is 11.8. The molecule has 32 heavy (non-hydrogen) atoms. The van der Waals surface area contributed by atoms with Crippen LogP contribution in [-0.2, 0) is 9.59 Å². The van der Waals surface area contributed by atoms with E-state index in [2.05, 4.69) is 13.8 Å². The van der Waals surface area contributed by atoms with Gasteiger partial charge in [0.25, 0.3) is 0 Å². The van der Waals surface area contributed by atoms with Gasteiger partial charge in [0, 0.05) is 34.4 Å². The average molecular weight is 435 g/mol. The van der Waals surface area contributed by atoms with Crippen LogP contribution in [0.4, 0.5) is 0 Å². The Morgan fingerprint density at radius 3 is 1.41 bits per heavy atom. The van der Waals surface area contributed by atoms with Gasteiger partial charge in [-0.15, -0.1) is 0 Å². The molecule has 0 fully saturated rings. The first-order valence-corrected chi connectivity index (χ1v) is 11.8. The SMILES string of the molecule is CCCCCC(=O)Oc1c2ccc(C)cc2c(OC(=O)CCCCC)c2ccc(C)cc12. The highest BCUT2D eigenvalue weighted by Crippen LogP contribution is 2.44. The van der Waals surface area contributed by atoms with Gasteiger partial charge < -0.3 is 9.47 Å². The van der Waals surface area contributed by atoms with Gasteiger partial charge in [-0.05, 0) is 38.8 Å². The number of carbonyl (C=O) groups excluding carboxylic acids is 2. The van der Waals surface area contributed by atoms with E-state index in [4.69, 9.17) is 9.47 Å². The van der Waals surface area contributed by atoms with Crippen LogP contribution in [0.25, 0.3) is 21.5 Å². The smallest absolute Gasteiger partial charge is 0.311 e. The summed E-state index contributed by atoms with van der Waals surface area (Å²) in [5, 5.41) is 3.16. The summed E-state index contributed by atoms with van der Waals surface area (Å²) in [4.78, 5) is 25.3. The van der Waals surface area contributed by atoms with Crippen molar-refractivity contribution in [1.29, 1.82) is 0 Å². The molecule has 0 radical (unpaired) electrons. The molecule has 0 aliphatic carbocycles. The Morgan fingerprint density at radius 1 is 0.625 bits per heavy atom. The summed E-state index contributed by atoms with van der Waals surface area (Å²) in [6.45, 7) is 8.23. The lowest BCUT2D eigenvalue weighted by molar-refractivity contribution is -0.135. The van der Waals surface area contributed by atoms with Crippen LogP contribution in [0.5, 0.6) is 11.5 Å². The van der Waals surface area contributed by atoms with E-state index in [0.29, 0.717) is 24.3 Å². The first-order chi connectivity index (χ1) is 15.4. The van der Waals surface area contributed by atoms with Crippen molar-refractivity contribution in [3.63, 3.8) is 0 Å². The molecule has 170 valence electrons. The van der Waals surface area contributed by atoms with Crippen LogP contribution >= 0.6 is 0 Å². The molecule has 0 aromatic heterocycles. The molecule has 0 heterocycles. The topological polar surface area (TPSA) is 52.6 Å². The van der Waals surface area contributed by atoms with E-state index in [1.165, 1.54) is 0 Å². The largest absolute Gasteiger partial charge is 0.425 e. The Kier molecular flexibility index (Phi) is 8.26. The molecule has 0 spiro atoms. The third kappa shape index (κ3) is 5.67. The second-order valence-electron chi connectivity index (χ2n) is 8.62. The Hall–Kier alpha value is -2.88. The lowest BCUT2D eigenvalue weighted by Crippen LogP contribution is -2.11. The minimum atomic E-state index is -0.229. The van der Waals surface area contributed by atoms with E-state index in [9.17, 15) is 9.59 Å². The minimum absolute atomic E-state index is 0.229. The molecule has 0 aliphatic rings. The van der Waals surface area contributed by atoms with Crippen molar-refractivity contribution in [2.45, 2.75) is 79.1 Å². The van der Waals surface area contributed by atoms with Crippen LogP contribution in [-0.4, -0.2) is 11.9 Å². The first kappa shape index (κ1) is 23.8. The minimum Gasteiger partial charge on any atom is -0.425 e. The van der Waals surface area contributed by atoms with Gasteiger partial charge in [0.05, 0.1) is 0 Å². The van der Waals surface area contributed by atoms with E-state index in [-0.39, 0.29) is 11.9 Å². The van der Waals surface area contributed by atoms with Crippen molar-refractivity contribution in [1.82, 2.24) is 0 Å². The fourth-order valence-corrected chi connectivity index (χ4v) is 3.97. The van der Waals surface area contributed by atoms with Crippen molar-refractivity contribution in [3.8, 4) is 11.5 Å². The zero-order valence-corrected chi connectivity index (χ0v) is 19.8. The van der Waals surface area contributed by atoms with Gasteiger partial charge in [0.15, 0.2) is 0 Å². The van der Waals surface area contributed by atoms with Crippen molar-refractivity contribution in [2.24, 2.45) is 0 Å². The summed E-state index contributed by atoms with van der Waals surface area (Å²) < 4.78 is 11.9. The number of aryl methyl sites for hydroxylation is 2. The molecule has 3 aromatic rings. The Labute approximate surface area is 190 Å². The number of carbonyl (C=O) groups is 2.